The van der Waals surface area contributed by atoms with Crippen molar-refractivity contribution >= 4 is 5.84 Å². The van der Waals surface area contributed by atoms with Gasteiger partial charge in [-0.15, -0.1) is 0 Å². The van der Waals surface area contributed by atoms with E-state index < -0.39 is 0 Å². The van der Waals surface area contributed by atoms with Crippen molar-refractivity contribution in [3.63, 3.8) is 0 Å². The number of nitrogens with zero attached hydrogens (tertiary/aromatic N) is 1. The molecule has 0 aliphatic heterocycles. The molecule has 0 spiro atoms. The molecular formula is C14H23N3O2. The van der Waals surface area contributed by atoms with Crippen LogP contribution >= 0.6 is 0 Å². The SMILES string of the molecule is CCN(CC)CCOc1cc(OC)cc(C(=N)N)c1. The maximum Gasteiger partial charge on any atom is 0.123 e. The van der Waals surface area contributed by atoms with E-state index in [1.54, 1.807) is 25.3 Å². The zero-order chi connectivity index (χ0) is 14.3. The van der Waals surface area contributed by atoms with Crippen LogP contribution in [0, 0.1) is 5.41 Å². The molecule has 0 bridgehead atoms. The summed E-state index contributed by atoms with van der Waals surface area (Å²) in [6.07, 6.45) is 0. The van der Waals surface area contributed by atoms with Crippen LogP contribution in [0.2, 0.25) is 0 Å². The van der Waals surface area contributed by atoms with Gasteiger partial charge in [0.25, 0.3) is 0 Å². The summed E-state index contributed by atoms with van der Waals surface area (Å²) >= 11 is 0. The number of rotatable bonds is 8. The number of nitrogen functional groups attached to an aromatic ring is 1. The summed E-state index contributed by atoms with van der Waals surface area (Å²) in [5.74, 6) is 1.33. The van der Waals surface area contributed by atoms with E-state index in [-0.39, 0.29) is 5.84 Å². The van der Waals surface area contributed by atoms with Crippen LogP contribution < -0.4 is 15.2 Å². The van der Waals surface area contributed by atoms with Gasteiger partial charge < -0.3 is 20.1 Å². The second kappa shape index (κ2) is 7.63. The topological polar surface area (TPSA) is 71.6 Å². The lowest BCUT2D eigenvalue weighted by Gasteiger charge is -2.18. The summed E-state index contributed by atoms with van der Waals surface area (Å²) in [4.78, 5) is 2.28. The Morgan fingerprint density at radius 1 is 1.21 bits per heavy atom. The third-order valence-electron chi connectivity index (χ3n) is 3.00. The Balaban J connectivity index is 2.67. The van der Waals surface area contributed by atoms with Gasteiger partial charge in [0.2, 0.25) is 0 Å². The molecule has 3 N–H and O–H groups in total. The number of hydrogen-bond donors (Lipinski definition) is 2. The van der Waals surface area contributed by atoms with Gasteiger partial charge in [-0.05, 0) is 25.2 Å². The molecule has 0 aliphatic rings. The van der Waals surface area contributed by atoms with E-state index in [1.807, 2.05) is 0 Å². The molecule has 1 rings (SSSR count). The number of ether oxygens (including phenoxy) is 2. The molecule has 0 heterocycles. The molecule has 0 aliphatic carbocycles. The fourth-order valence-corrected chi connectivity index (χ4v) is 1.76. The van der Waals surface area contributed by atoms with Crippen LogP contribution in [-0.2, 0) is 0 Å². The van der Waals surface area contributed by atoms with Crippen molar-refractivity contribution in [1.29, 1.82) is 5.41 Å². The number of nitrogens with two attached hydrogens (primary N) is 1. The average molecular weight is 265 g/mol. The molecule has 0 atom stereocenters. The van der Waals surface area contributed by atoms with Crippen LogP contribution in [0.4, 0.5) is 0 Å². The first kappa shape index (κ1) is 15.3. The summed E-state index contributed by atoms with van der Waals surface area (Å²) in [7, 11) is 1.58. The van der Waals surface area contributed by atoms with Crippen LogP contribution in [0.3, 0.4) is 0 Å². The van der Waals surface area contributed by atoms with E-state index in [2.05, 4.69) is 18.7 Å². The lowest BCUT2D eigenvalue weighted by Crippen LogP contribution is -2.27. The molecule has 0 amide bonds. The van der Waals surface area contributed by atoms with Crippen molar-refractivity contribution < 1.29 is 9.47 Å². The average Bonchev–Trinajstić information content (AvgIpc) is 2.43. The fraction of sp³-hybridized carbons (Fsp3) is 0.500. The molecule has 0 saturated carbocycles. The summed E-state index contributed by atoms with van der Waals surface area (Å²) in [5.41, 5.74) is 6.10. The summed E-state index contributed by atoms with van der Waals surface area (Å²) < 4.78 is 10.9. The van der Waals surface area contributed by atoms with E-state index in [0.717, 1.165) is 19.6 Å². The number of likely N-dealkylation sites (N-methyl/N-ethyl adjacent to an activating group) is 1. The molecule has 1 aromatic rings. The predicted octanol–water partition coefficient (Wildman–Crippen LogP) is 1.70. The molecule has 0 fully saturated rings. The van der Waals surface area contributed by atoms with Gasteiger partial charge in [-0.3, -0.25) is 5.41 Å². The maximum atomic E-state index is 7.47. The van der Waals surface area contributed by atoms with E-state index in [4.69, 9.17) is 20.6 Å². The van der Waals surface area contributed by atoms with Crippen molar-refractivity contribution in [2.24, 2.45) is 5.73 Å². The Hall–Kier alpha value is -1.75. The Bertz CT molecular complexity index is 417. The van der Waals surface area contributed by atoms with Crippen LogP contribution in [0.1, 0.15) is 19.4 Å². The minimum Gasteiger partial charge on any atom is -0.497 e. The van der Waals surface area contributed by atoms with Crippen molar-refractivity contribution in [1.82, 2.24) is 4.90 Å². The van der Waals surface area contributed by atoms with E-state index in [9.17, 15) is 0 Å². The minimum absolute atomic E-state index is 0.00694. The van der Waals surface area contributed by atoms with Crippen molar-refractivity contribution in [2.45, 2.75) is 13.8 Å². The summed E-state index contributed by atoms with van der Waals surface area (Å²) in [5, 5.41) is 7.47. The highest BCUT2D eigenvalue weighted by molar-refractivity contribution is 5.95. The molecule has 19 heavy (non-hydrogen) atoms. The molecular weight excluding hydrogens is 242 g/mol. The first-order valence-electron chi connectivity index (χ1n) is 6.49. The predicted molar refractivity (Wildman–Crippen MR) is 77.3 cm³/mol. The molecule has 0 unspecified atom stereocenters. The molecule has 0 radical (unpaired) electrons. The van der Waals surface area contributed by atoms with Crippen molar-refractivity contribution in [2.75, 3.05) is 33.4 Å². The van der Waals surface area contributed by atoms with E-state index in [0.29, 0.717) is 23.7 Å². The highest BCUT2D eigenvalue weighted by Crippen LogP contribution is 2.22. The Labute approximate surface area is 114 Å². The largest absolute Gasteiger partial charge is 0.497 e. The maximum absolute atomic E-state index is 7.47. The zero-order valence-corrected chi connectivity index (χ0v) is 11.9. The second-order valence-electron chi connectivity index (χ2n) is 4.19. The highest BCUT2D eigenvalue weighted by Gasteiger charge is 2.05. The van der Waals surface area contributed by atoms with Gasteiger partial charge in [0.1, 0.15) is 23.9 Å². The van der Waals surface area contributed by atoms with E-state index >= 15 is 0 Å². The first-order valence-corrected chi connectivity index (χ1v) is 6.49. The lowest BCUT2D eigenvalue weighted by atomic mass is 10.2. The second-order valence-corrected chi connectivity index (χ2v) is 4.19. The molecule has 5 heteroatoms. The third-order valence-corrected chi connectivity index (χ3v) is 3.00. The number of benzene rings is 1. The highest BCUT2D eigenvalue weighted by atomic mass is 16.5. The monoisotopic (exact) mass is 265 g/mol. The summed E-state index contributed by atoms with van der Waals surface area (Å²) in [6, 6.07) is 5.28. The van der Waals surface area contributed by atoms with Gasteiger partial charge in [0, 0.05) is 18.2 Å². The van der Waals surface area contributed by atoms with Gasteiger partial charge in [0.05, 0.1) is 7.11 Å². The van der Waals surface area contributed by atoms with Crippen LogP contribution in [-0.4, -0.2) is 44.1 Å². The smallest absolute Gasteiger partial charge is 0.123 e. The Morgan fingerprint density at radius 3 is 2.37 bits per heavy atom. The first-order chi connectivity index (χ1) is 9.10. The normalized spacial score (nSPS) is 10.5. The molecule has 1 aromatic carbocycles. The van der Waals surface area contributed by atoms with Crippen LogP contribution in [0.25, 0.3) is 0 Å². The van der Waals surface area contributed by atoms with Gasteiger partial charge in [-0.25, -0.2) is 0 Å². The van der Waals surface area contributed by atoms with E-state index in [1.165, 1.54) is 0 Å². The van der Waals surface area contributed by atoms with Gasteiger partial charge in [-0.1, -0.05) is 13.8 Å². The van der Waals surface area contributed by atoms with Gasteiger partial charge in [-0.2, -0.15) is 0 Å². The lowest BCUT2D eigenvalue weighted by molar-refractivity contribution is 0.222. The number of amidine groups is 1. The molecule has 0 saturated heterocycles. The molecule has 0 aromatic heterocycles. The minimum atomic E-state index is 0.00694. The zero-order valence-electron chi connectivity index (χ0n) is 11.9. The van der Waals surface area contributed by atoms with Crippen LogP contribution in [0.5, 0.6) is 11.5 Å². The third kappa shape index (κ3) is 4.79. The number of nitrogens with one attached hydrogen (secondary N) is 1. The Kier molecular flexibility index (Phi) is 6.15. The fourth-order valence-electron chi connectivity index (χ4n) is 1.76. The molecule has 5 nitrogen and oxygen atoms in total. The standard InChI is InChI=1S/C14H23N3O2/c1-4-17(5-2)6-7-19-13-9-11(14(15)16)8-12(10-13)18-3/h8-10H,4-7H2,1-3H3,(H3,15,16). The van der Waals surface area contributed by atoms with Crippen molar-refractivity contribution in [3.8, 4) is 11.5 Å². The summed E-state index contributed by atoms with van der Waals surface area (Å²) in [6.45, 7) is 7.75. The number of hydrogen-bond acceptors (Lipinski definition) is 4. The van der Waals surface area contributed by atoms with Gasteiger partial charge >= 0.3 is 0 Å². The van der Waals surface area contributed by atoms with Crippen LogP contribution in [0.15, 0.2) is 18.2 Å². The molecule has 106 valence electrons. The number of methoxy groups -OCH3 is 1. The van der Waals surface area contributed by atoms with Crippen molar-refractivity contribution in [3.05, 3.63) is 23.8 Å². The Morgan fingerprint density at radius 2 is 1.84 bits per heavy atom. The quantitative estimate of drug-likeness (QED) is 0.554. The van der Waals surface area contributed by atoms with Gasteiger partial charge in [0.15, 0.2) is 0 Å².